The molecule has 2 amide bonds. The van der Waals surface area contributed by atoms with Gasteiger partial charge in [0.25, 0.3) is 0 Å². The largest absolute Gasteiger partial charge is 0.0622 e. The number of hydrogen-bond acceptors (Lipinski definition) is 7. The molecule has 0 aromatic heterocycles. The molecule has 8 nitrogen and oxygen atoms in total. The van der Waals surface area contributed by atoms with Gasteiger partial charge in [-0.2, -0.15) is 0 Å². The van der Waals surface area contributed by atoms with Gasteiger partial charge in [-0.05, 0) is 30.3 Å². The molecule has 1 unspecified atom stereocenters. The number of nitrogens with one attached hydrogen (secondary N) is 1. The molecule has 1 N–H and O–H groups in total. The first-order valence-corrected chi connectivity index (χ1v) is 29.6. The van der Waals surface area contributed by atoms with Crippen molar-refractivity contribution in [3.05, 3.63) is 206 Å². The van der Waals surface area contributed by atoms with E-state index in [1.165, 1.54) is 26.9 Å². The number of halogens is 1. The van der Waals surface area contributed by atoms with Gasteiger partial charge >= 0.3 is 270 Å². The van der Waals surface area contributed by atoms with Crippen LogP contribution in [0.3, 0.4) is 0 Å². The molecule has 2 atom stereocenters. The van der Waals surface area contributed by atoms with Crippen LogP contribution in [0.4, 0.5) is 0 Å². The third kappa shape index (κ3) is 11.1. The van der Waals surface area contributed by atoms with Crippen molar-refractivity contribution in [1.82, 2.24) is 10.2 Å². The summed E-state index contributed by atoms with van der Waals surface area (Å²) in [5, 5.41) is 10.1. The van der Waals surface area contributed by atoms with Gasteiger partial charge in [-0.1, -0.05) is 97.9 Å². The second-order valence-electron chi connectivity index (χ2n) is 15.6. The van der Waals surface area contributed by atoms with Crippen LogP contribution in [0.2, 0.25) is 0 Å². The number of carbonyl (C=O) groups is 3. The molecular weight excluding hydrogens is 994 g/mol. The van der Waals surface area contributed by atoms with E-state index in [2.05, 4.69) is 198 Å². The van der Waals surface area contributed by atoms with Crippen LogP contribution in [0.15, 0.2) is 206 Å². The maximum absolute atomic E-state index is 13.8. The van der Waals surface area contributed by atoms with Gasteiger partial charge in [0.15, 0.2) is 0 Å². The van der Waals surface area contributed by atoms with E-state index in [9.17, 15) is 14.4 Å². The Bertz CT molecular complexity index is 2370. The van der Waals surface area contributed by atoms with E-state index in [1.54, 1.807) is 11.8 Å². The van der Waals surface area contributed by atoms with E-state index in [4.69, 9.17) is 14.2 Å². The summed E-state index contributed by atoms with van der Waals surface area (Å²) in [6.45, 7) is 6.87. The standard InChI is InChI=1S/C36H40IN2O6PS.C18H15P/c1-3-20-43-22-23-44-24-31(40)38-32-34(41)39-33(36(42)45-21-4-2)27(26-47-35(32)39)25-46(37,28-14-8-5-9-15-28,29-16-10-6-11-17-29)30-18-12-7-13-19-30;1-4-10-16(11-5-1)19(17-12-6-2-7-13-17)18-14-8-3-9-15-18/h4-19,32,35H,2-3,20-26H2,1H3,(H,38,40);1-15H/t32-,35?;/m1./s1. The molecule has 1 saturated heterocycles. The number of esters is 1. The minimum Gasteiger partial charge on any atom is -0.0622 e. The molecule has 6 aromatic carbocycles. The average molecular weight is 1050 g/mol. The summed E-state index contributed by atoms with van der Waals surface area (Å²) in [6, 6.07) is 62.9. The zero-order valence-corrected chi connectivity index (χ0v) is 41.8. The van der Waals surface area contributed by atoms with E-state index < -0.39 is 29.6 Å². The molecule has 340 valence electrons. The van der Waals surface area contributed by atoms with Crippen LogP contribution in [0.5, 0.6) is 0 Å². The Hall–Kier alpha value is -4.93. The summed E-state index contributed by atoms with van der Waals surface area (Å²) in [4.78, 5) is 41.8. The van der Waals surface area contributed by atoms with Gasteiger partial charge in [0, 0.05) is 6.61 Å². The molecule has 2 heterocycles. The third-order valence-corrected chi connectivity index (χ3v) is 26.2. The quantitative estimate of drug-likeness (QED) is 0.0219. The predicted molar refractivity (Wildman–Crippen MR) is 284 cm³/mol. The fourth-order valence-electron chi connectivity index (χ4n) is 8.21. The number of thioether (sulfide) groups is 1. The zero-order valence-electron chi connectivity index (χ0n) is 37.0. The Morgan fingerprint density at radius 2 is 1.15 bits per heavy atom. The minimum atomic E-state index is -3.34. The first-order valence-electron chi connectivity index (χ1n) is 22.0. The van der Waals surface area contributed by atoms with E-state index in [0.717, 1.165) is 27.9 Å². The number of ether oxygens (including phenoxy) is 3. The second kappa shape index (κ2) is 23.7. The minimum absolute atomic E-state index is 0.0127. The van der Waals surface area contributed by atoms with Crippen molar-refractivity contribution < 1.29 is 28.6 Å². The van der Waals surface area contributed by atoms with E-state index in [-0.39, 0.29) is 37.3 Å². The summed E-state index contributed by atoms with van der Waals surface area (Å²) in [6.07, 6.45) is 2.93. The first kappa shape index (κ1) is 49.0. The van der Waals surface area contributed by atoms with Crippen molar-refractivity contribution in [3.8, 4) is 0 Å². The fraction of sp³-hybridized carbons (Fsp3) is 0.204. The maximum Gasteiger partial charge on any atom is -0.0134 e. The average Bonchev–Trinajstić information content (AvgIpc) is 3.38. The van der Waals surface area contributed by atoms with Gasteiger partial charge < -0.3 is 4.74 Å². The van der Waals surface area contributed by atoms with Gasteiger partial charge in [-0.15, -0.1) is 0 Å². The molecule has 0 radical (unpaired) electrons. The number of β-lactam (4-membered cyclic amide) rings is 1. The number of fused-ring (bicyclic) bond motifs is 1. The molecule has 0 saturated carbocycles. The summed E-state index contributed by atoms with van der Waals surface area (Å²) >= 11 is 4.23. The predicted octanol–water partition coefficient (Wildman–Crippen LogP) is 8.14. The van der Waals surface area contributed by atoms with E-state index in [0.29, 0.717) is 25.1 Å². The SMILES string of the molecule is C=CCOC(=O)C1=C(CP(I)(c2ccccc2)(c2ccccc2)c2ccccc2)CSC2[C@H](NC(=O)COCCOCCC)C(=O)N12.c1ccc(P(c2ccccc2)c2ccccc2)cc1. The number of carbonyl (C=O) groups excluding carboxylic acids is 3. The van der Waals surface area contributed by atoms with Crippen LogP contribution in [-0.4, -0.2) is 79.0 Å². The first-order chi connectivity index (χ1) is 32.3. The Morgan fingerprint density at radius 3 is 1.59 bits per heavy atom. The Kier molecular flexibility index (Phi) is 17.6. The van der Waals surface area contributed by atoms with Crippen molar-refractivity contribution in [1.29, 1.82) is 0 Å². The summed E-state index contributed by atoms with van der Waals surface area (Å²) in [7, 11) is -0.446. The second-order valence-corrected chi connectivity index (χ2v) is 29.6. The van der Waals surface area contributed by atoms with Gasteiger partial charge in [-0.25, -0.2) is 0 Å². The molecule has 1 fully saturated rings. The van der Waals surface area contributed by atoms with Gasteiger partial charge in [0.2, 0.25) is 0 Å². The summed E-state index contributed by atoms with van der Waals surface area (Å²) < 4.78 is 13.1. The number of nitrogens with zero attached hydrogens (tertiary/aromatic N) is 1. The van der Waals surface area contributed by atoms with Crippen LogP contribution < -0.4 is 37.1 Å². The smallest absolute Gasteiger partial charge is 0.0134 e. The molecule has 0 aliphatic carbocycles. The van der Waals surface area contributed by atoms with Crippen molar-refractivity contribution in [3.63, 3.8) is 0 Å². The normalized spacial score (nSPS) is 16.1. The molecule has 2 aliphatic heterocycles. The van der Waals surface area contributed by atoms with Gasteiger partial charge in [0.1, 0.15) is 0 Å². The monoisotopic (exact) mass is 1050 g/mol. The molecule has 12 heteroatoms. The number of rotatable bonds is 19. The van der Waals surface area contributed by atoms with Gasteiger partial charge in [0.05, 0.1) is 0 Å². The van der Waals surface area contributed by atoms with Crippen LogP contribution in [-0.2, 0) is 28.6 Å². The van der Waals surface area contributed by atoms with Gasteiger partial charge in [-0.3, -0.25) is 0 Å². The van der Waals surface area contributed by atoms with E-state index in [1.807, 2.05) is 25.1 Å². The van der Waals surface area contributed by atoms with Crippen molar-refractivity contribution in [2.45, 2.75) is 24.8 Å². The van der Waals surface area contributed by atoms with Crippen molar-refractivity contribution in [2.75, 3.05) is 44.9 Å². The summed E-state index contributed by atoms with van der Waals surface area (Å²) in [5.41, 5.74) is 1.08. The van der Waals surface area contributed by atoms with Crippen molar-refractivity contribution in [2.24, 2.45) is 0 Å². The molecular formula is C54H55IN2O6P2S. The number of amides is 2. The van der Waals surface area contributed by atoms with Crippen LogP contribution >= 0.6 is 46.0 Å². The van der Waals surface area contributed by atoms with Crippen LogP contribution in [0, 0.1) is 0 Å². The molecule has 6 aromatic rings. The maximum atomic E-state index is 13.8. The zero-order chi connectivity index (χ0) is 46.2. The molecule has 0 spiro atoms. The van der Waals surface area contributed by atoms with E-state index >= 15 is 0 Å². The third-order valence-electron chi connectivity index (χ3n) is 11.3. The molecule has 8 rings (SSSR count). The Balaban J connectivity index is 0.000000282. The van der Waals surface area contributed by atoms with Crippen LogP contribution in [0.1, 0.15) is 13.3 Å². The molecule has 2 aliphatic rings. The van der Waals surface area contributed by atoms with Crippen LogP contribution in [0.25, 0.3) is 0 Å². The molecule has 66 heavy (non-hydrogen) atoms. The summed E-state index contributed by atoms with van der Waals surface area (Å²) in [5.74, 6) is -0.830. The number of benzene rings is 6. The molecule has 0 bridgehead atoms. The Morgan fingerprint density at radius 1 is 0.712 bits per heavy atom. The van der Waals surface area contributed by atoms with Crippen molar-refractivity contribution >= 4 is 95.6 Å². The number of hydrogen-bond donors (Lipinski definition) is 1. The Labute approximate surface area is 407 Å². The fourth-order valence-corrected chi connectivity index (χ4v) is 20.9. The topological polar surface area (TPSA) is 94.2 Å².